The van der Waals surface area contributed by atoms with E-state index in [0.717, 1.165) is 0 Å². The van der Waals surface area contributed by atoms with Crippen LogP contribution in [-0.4, -0.2) is 36.8 Å². The number of rotatable bonds is 5. The zero-order valence-electron chi connectivity index (χ0n) is 13.9. The van der Waals surface area contributed by atoms with Crippen LogP contribution in [0.25, 0.3) is 0 Å². The van der Waals surface area contributed by atoms with Crippen molar-refractivity contribution in [3.8, 4) is 0 Å². The molecule has 3 rings (SSSR count). The monoisotopic (exact) mass is 358 g/mol. The Bertz CT molecular complexity index is 797. The molecular formula is C18H19FN4O3. The van der Waals surface area contributed by atoms with Gasteiger partial charge < -0.3 is 21.1 Å². The lowest BCUT2D eigenvalue weighted by Crippen LogP contribution is -2.32. The van der Waals surface area contributed by atoms with Gasteiger partial charge in [-0.15, -0.1) is 0 Å². The molecule has 4 N–H and O–H groups in total. The zero-order chi connectivity index (χ0) is 18.5. The summed E-state index contributed by atoms with van der Waals surface area (Å²) in [6.45, 7) is 1.13. The number of amides is 4. The highest BCUT2D eigenvalue weighted by atomic mass is 19.1. The summed E-state index contributed by atoms with van der Waals surface area (Å²) in [4.78, 5) is 25.3. The van der Waals surface area contributed by atoms with E-state index >= 15 is 0 Å². The maximum atomic E-state index is 12.9. The van der Waals surface area contributed by atoms with Gasteiger partial charge in [0.2, 0.25) is 0 Å². The molecule has 2 aromatic carbocycles. The Morgan fingerprint density at radius 1 is 1.27 bits per heavy atom. The fourth-order valence-corrected chi connectivity index (χ4v) is 2.64. The number of hydrogen-bond acceptors (Lipinski definition) is 3. The number of anilines is 2. The molecule has 0 aliphatic carbocycles. The lowest BCUT2D eigenvalue weighted by molar-refractivity contribution is 0.175. The highest BCUT2D eigenvalue weighted by Gasteiger charge is 2.21. The van der Waals surface area contributed by atoms with Crippen LogP contribution in [0.5, 0.6) is 0 Å². The maximum absolute atomic E-state index is 12.9. The highest BCUT2D eigenvalue weighted by molar-refractivity contribution is 5.95. The second kappa shape index (κ2) is 7.83. The second-order valence-electron chi connectivity index (χ2n) is 5.84. The van der Waals surface area contributed by atoms with E-state index in [4.69, 9.17) is 0 Å². The van der Waals surface area contributed by atoms with Crippen LogP contribution in [0.1, 0.15) is 11.7 Å². The molecule has 2 aromatic rings. The van der Waals surface area contributed by atoms with Crippen LogP contribution in [0, 0.1) is 5.82 Å². The summed E-state index contributed by atoms with van der Waals surface area (Å²) in [5.74, 6) is -0.391. The summed E-state index contributed by atoms with van der Waals surface area (Å²) >= 11 is 0. The van der Waals surface area contributed by atoms with Crippen molar-refractivity contribution in [2.75, 3.05) is 29.9 Å². The number of urea groups is 2. The Labute approximate surface area is 149 Å². The molecule has 8 heteroatoms. The number of carbonyl (C=O) groups is 2. The minimum atomic E-state index is -0.944. The number of halogens is 1. The van der Waals surface area contributed by atoms with E-state index in [1.807, 2.05) is 0 Å². The molecule has 0 saturated carbocycles. The quantitative estimate of drug-likeness (QED) is 0.660. The standard InChI is InChI=1S/C18H19FN4O3/c19-13-6-4-12(5-7-13)16(24)11-21-17(25)22-14-2-1-3-15(10-14)23-9-8-20-18(23)26/h1-7,10,16,24H,8-9,11H2,(H,20,26)(H2,21,22,25). The van der Waals surface area contributed by atoms with Crippen LogP contribution in [0.15, 0.2) is 48.5 Å². The van der Waals surface area contributed by atoms with Gasteiger partial charge in [-0.3, -0.25) is 4.90 Å². The van der Waals surface area contributed by atoms with Crippen molar-refractivity contribution in [1.82, 2.24) is 10.6 Å². The summed E-state index contributed by atoms with van der Waals surface area (Å²) in [5.41, 5.74) is 1.72. The first-order valence-corrected chi connectivity index (χ1v) is 8.17. The zero-order valence-corrected chi connectivity index (χ0v) is 13.9. The molecule has 26 heavy (non-hydrogen) atoms. The first-order chi connectivity index (χ1) is 12.5. The van der Waals surface area contributed by atoms with E-state index in [0.29, 0.717) is 30.0 Å². The first-order valence-electron chi connectivity index (χ1n) is 8.17. The summed E-state index contributed by atoms with van der Waals surface area (Å²) in [6.07, 6.45) is -0.944. The van der Waals surface area contributed by atoms with Crippen LogP contribution in [0.3, 0.4) is 0 Å². The number of aliphatic hydroxyl groups excluding tert-OH is 1. The normalized spacial score (nSPS) is 14.7. The van der Waals surface area contributed by atoms with Gasteiger partial charge in [0.25, 0.3) is 0 Å². The van der Waals surface area contributed by atoms with Crippen molar-refractivity contribution < 1.29 is 19.1 Å². The van der Waals surface area contributed by atoms with Crippen molar-refractivity contribution >= 4 is 23.4 Å². The van der Waals surface area contributed by atoms with E-state index in [-0.39, 0.29) is 12.6 Å². The third-order valence-corrected chi connectivity index (χ3v) is 3.98. The molecule has 1 heterocycles. The summed E-state index contributed by atoms with van der Waals surface area (Å²) < 4.78 is 12.9. The minimum Gasteiger partial charge on any atom is -0.387 e. The fraction of sp³-hybridized carbons (Fsp3) is 0.222. The number of nitrogens with zero attached hydrogens (tertiary/aromatic N) is 1. The van der Waals surface area contributed by atoms with Crippen LogP contribution < -0.4 is 20.9 Å². The van der Waals surface area contributed by atoms with Crippen molar-refractivity contribution in [2.45, 2.75) is 6.10 Å². The Balaban J connectivity index is 1.55. The molecule has 1 aliphatic heterocycles. The molecule has 1 saturated heterocycles. The van der Waals surface area contributed by atoms with Gasteiger partial charge in [-0.05, 0) is 35.9 Å². The average Bonchev–Trinajstić information content (AvgIpc) is 3.06. The molecule has 1 unspecified atom stereocenters. The number of aliphatic hydroxyl groups is 1. The van der Waals surface area contributed by atoms with Gasteiger partial charge >= 0.3 is 12.1 Å². The molecule has 4 amide bonds. The molecule has 0 bridgehead atoms. The van der Waals surface area contributed by atoms with Crippen LogP contribution >= 0.6 is 0 Å². The number of nitrogens with one attached hydrogen (secondary N) is 3. The molecule has 0 radical (unpaired) electrons. The Hall–Kier alpha value is -3.13. The third kappa shape index (κ3) is 4.28. The third-order valence-electron chi connectivity index (χ3n) is 3.98. The minimum absolute atomic E-state index is 0.0221. The average molecular weight is 358 g/mol. The molecule has 7 nitrogen and oxygen atoms in total. The van der Waals surface area contributed by atoms with Crippen molar-refractivity contribution in [1.29, 1.82) is 0 Å². The predicted molar refractivity (Wildman–Crippen MR) is 95.6 cm³/mol. The van der Waals surface area contributed by atoms with Gasteiger partial charge in [0, 0.05) is 31.0 Å². The Morgan fingerprint density at radius 2 is 2.04 bits per heavy atom. The molecule has 136 valence electrons. The SMILES string of the molecule is O=C(NCC(O)c1ccc(F)cc1)Nc1cccc(N2CCNC2=O)c1. The van der Waals surface area contributed by atoms with Crippen molar-refractivity contribution in [3.05, 3.63) is 59.9 Å². The number of carbonyl (C=O) groups excluding carboxylic acids is 2. The summed E-state index contributed by atoms with van der Waals surface area (Å²) in [5, 5.41) is 18.0. The van der Waals surface area contributed by atoms with Crippen LogP contribution in [0.4, 0.5) is 25.4 Å². The molecule has 1 fully saturated rings. The molecular weight excluding hydrogens is 339 g/mol. The Morgan fingerprint density at radius 3 is 2.73 bits per heavy atom. The van der Waals surface area contributed by atoms with E-state index in [1.54, 1.807) is 29.2 Å². The van der Waals surface area contributed by atoms with Gasteiger partial charge in [-0.2, -0.15) is 0 Å². The lowest BCUT2D eigenvalue weighted by Gasteiger charge is -2.16. The lowest BCUT2D eigenvalue weighted by atomic mass is 10.1. The fourth-order valence-electron chi connectivity index (χ4n) is 2.64. The van der Waals surface area contributed by atoms with Crippen LogP contribution in [-0.2, 0) is 0 Å². The molecule has 0 spiro atoms. The largest absolute Gasteiger partial charge is 0.387 e. The van der Waals surface area contributed by atoms with Gasteiger partial charge in [-0.1, -0.05) is 18.2 Å². The van der Waals surface area contributed by atoms with E-state index in [9.17, 15) is 19.1 Å². The van der Waals surface area contributed by atoms with E-state index in [2.05, 4.69) is 16.0 Å². The summed E-state index contributed by atoms with van der Waals surface area (Å²) in [7, 11) is 0. The second-order valence-corrected chi connectivity index (χ2v) is 5.84. The molecule has 1 aliphatic rings. The number of hydrogen-bond donors (Lipinski definition) is 4. The predicted octanol–water partition coefficient (Wildman–Crippen LogP) is 2.21. The van der Waals surface area contributed by atoms with Gasteiger partial charge in [-0.25, -0.2) is 14.0 Å². The molecule has 1 atom stereocenters. The van der Waals surface area contributed by atoms with Crippen molar-refractivity contribution in [2.24, 2.45) is 0 Å². The van der Waals surface area contributed by atoms with Crippen LogP contribution in [0.2, 0.25) is 0 Å². The number of benzene rings is 2. The Kier molecular flexibility index (Phi) is 5.33. The van der Waals surface area contributed by atoms with Gasteiger partial charge in [0.15, 0.2) is 0 Å². The maximum Gasteiger partial charge on any atom is 0.321 e. The topological polar surface area (TPSA) is 93.7 Å². The van der Waals surface area contributed by atoms with E-state index in [1.165, 1.54) is 24.3 Å². The summed E-state index contributed by atoms with van der Waals surface area (Å²) in [6, 6.07) is 11.7. The highest BCUT2D eigenvalue weighted by Crippen LogP contribution is 2.21. The van der Waals surface area contributed by atoms with E-state index < -0.39 is 18.0 Å². The first kappa shape index (κ1) is 17.7. The van der Waals surface area contributed by atoms with Gasteiger partial charge in [0.1, 0.15) is 5.82 Å². The molecule has 0 aromatic heterocycles. The van der Waals surface area contributed by atoms with Gasteiger partial charge in [0.05, 0.1) is 6.10 Å². The smallest absolute Gasteiger partial charge is 0.321 e. The van der Waals surface area contributed by atoms with Crippen molar-refractivity contribution in [3.63, 3.8) is 0 Å².